The molecule has 1 amide bonds. The minimum atomic E-state index is -3.98. The zero-order valence-electron chi connectivity index (χ0n) is 18.5. The summed E-state index contributed by atoms with van der Waals surface area (Å²) in [5, 5.41) is 0.895. The van der Waals surface area contributed by atoms with Gasteiger partial charge in [-0.3, -0.25) is 4.79 Å². The van der Waals surface area contributed by atoms with Gasteiger partial charge in [-0.05, 0) is 37.7 Å². The fourth-order valence-corrected chi connectivity index (χ4v) is 8.22. The summed E-state index contributed by atoms with van der Waals surface area (Å²) in [6.07, 6.45) is 5.61. The first kappa shape index (κ1) is 22.5. The molecule has 0 radical (unpaired) electrons. The SMILES string of the molecule is CN(C(=O)CC1CCS(=O)(=O)CC1)S(=O)(=O)N1CCN(c2ncnc3[nH]ccc23)CC12CC2. The number of aromatic amines is 1. The van der Waals surface area contributed by atoms with Crippen LogP contribution in [0.4, 0.5) is 5.82 Å². The third-order valence-corrected chi connectivity index (χ3v) is 10.9. The summed E-state index contributed by atoms with van der Waals surface area (Å²) in [7, 11) is -5.70. The Balaban J connectivity index is 1.29. The second-order valence-electron chi connectivity index (χ2n) is 9.32. The van der Waals surface area contributed by atoms with E-state index in [1.165, 1.54) is 17.7 Å². The molecule has 0 aromatic carbocycles. The summed E-state index contributed by atoms with van der Waals surface area (Å²) in [6, 6.07) is 1.91. The molecule has 2 aromatic rings. The molecule has 33 heavy (non-hydrogen) atoms. The molecule has 1 N–H and O–H groups in total. The van der Waals surface area contributed by atoms with Crippen molar-refractivity contribution < 1.29 is 21.6 Å². The van der Waals surface area contributed by atoms with Gasteiger partial charge in [-0.25, -0.2) is 22.7 Å². The highest BCUT2D eigenvalue weighted by Gasteiger charge is 2.57. The molecule has 0 atom stereocenters. The van der Waals surface area contributed by atoms with E-state index in [-0.39, 0.29) is 30.4 Å². The highest BCUT2D eigenvalue weighted by molar-refractivity contribution is 7.91. The number of hydrogen-bond donors (Lipinski definition) is 1. The molecule has 13 heteroatoms. The molecule has 2 aromatic heterocycles. The van der Waals surface area contributed by atoms with Gasteiger partial charge in [0.05, 0.1) is 22.4 Å². The predicted molar refractivity (Wildman–Crippen MR) is 122 cm³/mol. The fraction of sp³-hybridized carbons (Fsp3) is 0.650. The first-order valence-electron chi connectivity index (χ1n) is 11.1. The number of fused-ring (bicyclic) bond motifs is 1. The maximum absolute atomic E-state index is 13.4. The molecule has 1 saturated carbocycles. The molecule has 2 aliphatic heterocycles. The molecule has 0 bridgehead atoms. The standard InChI is InChI=1S/C20H28N6O5S2/c1-24(17(27)12-15-3-10-32(28,29)11-4-15)33(30,31)26-9-8-25(13-20(26)5-6-20)19-16-2-7-21-18(16)22-14-23-19/h2,7,14-15H,3-6,8-13H2,1H3,(H,21,22,23). The Morgan fingerprint density at radius 3 is 2.67 bits per heavy atom. The van der Waals surface area contributed by atoms with Crippen molar-refractivity contribution in [2.24, 2.45) is 5.92 Å². The third kappa shape index (κ3) is 4.10. The van der Waals surface area contributed by atoms with E-state index in [9.17, 15) is 21.6 Å². The van der Waals surface area contributed by atoms with Crippen LogP contribution in [0.15, 0.2) is 18.6 Å². The second kappa shape index (κ2) is 7.91. The highest BCUT2D eigenvalue weighted by atomic mass is 32.2. The Kier molecular flexibility index (Phi) is 5.40. The van der Waals surface area contributed by atoms with Gasteiger partial charge in [-0.1, -0.05) is 0 Å². The number of hydrogen-bond acceptors (Lipinski definition) is 8. The van der Waals surface area contributed by atoms with Crippen LogP contribution in [0.25, 0.3) is 11.0 Å². The molecule has 4 heterocycles. The quantitative estimate of drug-likeness (QED) is 0.633. The highest BCUT2D eigenvalue weighted by Crippen LogP contribution is 2.47. The maximum atomic E-state index is 13.4. The summed E-state index contributed by atoms with van der Waals surface area (Å²) >= 11 is 0. The molecule has 180 valence electrons. The van der Waals surface area contributed by atoms with Gasteiger partial charge in [0.1, 0.15) is 27.6 Å². The van der Waals surface area contributed by atoms with Gasteiger partial charge in [0.25, 0.3) is 0 Å². The molecule has 3 fully saturated rings. The summed E-state index contributed by atoms with van der Waals surface area (Å²) in [6.45, 7) is 1.23. The van der Waals surface area contributed by atoms with Crippen LogP contribution in [0.2, 0.25) is 0 Å². The fourth-order valence-electron chi connectivity index (χ4n) is 4.96. The number of carbonyl (C=O) groups is 1. The number of rotatable bonds is 5. The Hall–Kier alpha value is -2.25. The van der Waals surface area contributed by atoms with Crippen molar-refractivity contribution in [3.05, 3.63) is 18.6 Å². The monoisotopic (exact) mass is 496 g/mol. The largest absolute Gasteiger partial charge is 0.353 e. The van der Waals surface area contributed by atoms with Crippen LogP contribution in [-0.4, -0.2) is 90.0 Å². The number of nitrogens with one attached hydrogen (secondary N) is 1. The van der Waals surface area contributed by atoms with Gasteiger partial charge >= 0.3 is 10.2 Å². The van der Waals surface area contributed by atoms with Gasteiger partial charge in [-0.2, -0.15) is 12.7 Å². The van der Waals surface area contributed by atoms with Crippen molar-refractivity contribution in [3.8, 4) is 0 Å². The zero-order chi connectivity index (χ0) is 23.4. The van der Waals surface area contributed by atoms with Gasteiger partial charge < -0.3 is 9.88 Å². The number of aromatic nitrogens is 3. The van der Waals surface area contributed by atoms with E-state index in [0.717, 1.165) is 34.0 Å². The number of carbonyl (C=O) groups excluding carboxylic acids is 1. The van der Waals surface area contributed by atoms with Crippen molar-refractivity contribution in [2.45, 2.75) is 37.6 Å². The van der Waals surface area contributed by atoms with Crippen molar-refractivity contribution >= 4 is 42.8 Å². The normalized spacial score (nSPS) is 23.1. The molecule has 3 aliphatic rings. The molecule has 0 unspecified atom stereocenters. The van der Waals surface area contributed by atoms with Crippen LogP contribution in [0, 0.1) is 5.92 Å². The van der Waals surface area contributed by atoms with Crippen molar-refractivity contribution in [1.82, 2.24) is 23.6 Å². The number of anilines is 1. The zero-order valence-corrected chi connectivity index (χ0v) is 20.1. The predicted octanol–water partition coefficient (Wildman–Crippen LogP) is 0.531. The van der Waals surface area contributed by atoms with Crippen molar-refractivity contribution in [3.63, 3.8) is 0 Å². The molecule has 5 rings (SSSR count). The molecular formula is C20H28N6O5S2. The molecule has 1 spiro atoms. The van der Waals surface area contributed by atoms with Gasteiger partial charge in [0.2, 0.25) is 5.91 Å². The van der Waals surface area contributed by atoms with Crippen LogP contribution in [-0.2, 0) is 24.8 Å². The van der Waals surface area contributed by atoms with E-state index in [1.54, 1.807) is 6.20 Å². The first-order chi connectivity index (χ1) is 15.6. The van der Waals surface area contributed by atoms with E-state index >= 15 is 0 Å². The van der Waals surface area contributed by atoms with Gasteiger partial charge in [-0.15, -0.1) is 0 Å². The van der Waals surface area contributed by atoms with Crippen LogP contribution in [0.5, 0.6) is 0 Å². The lowest BCUT2D eigenvalue weighted by Gasteiger charge is -2.43. The van der Waals surface area contributed by atoms with E-state index < -0.39 is 31.5 Å². The van der Waals surface area contributed by atoms with Gasteiger partial charge in [0.15, 0.2) is 0 Å². The van der Waals surface area contributed by atoms with E-state index in [2.05, 4.69) is 19.9 Å². The minimum Gasteiger partial charge on any atom is -0.353 e. The van der Waals surface area contributed by atoms with Crippen molar-refractivity contribution in [1.29, 1.82) is 0 Å². The van der Waals surface area contributed by atoms with Gasteiger partial charge in [0, 0.05) is 39.3 Å². The number of nitrogens with zero attached hydrogens (tertiary/aromatic N) is 5. The average molecular weight is 497 g/mol. The average Bonchev–Trinajstić information content (AvgIpc) is 3.35. The van der Waals surface area contributed by atoms with E-state index in [4.69, 9.17) is 0 Å². The van der Waals surface area contributed by atoms with E-state index in [1.807, 2.05) is 6.07 Å². The Morgan fingerprint density at radius 1 is 1.24 bits per heavy atom. The summed E-state index contributed by atoms with van der Waals surface area (Å²) in [5.41, 5.74) is 0.193. The topological polar surface area (TPSA) is 137 Å². The Bertz CT molecular complexity index is 1270. The molecular weight excluding hydrogens is 468 g/mol. The van der Waals surface area contributed by atoms with Crippen LogP contribution < -0.4 is 4.90 Å². The number of amides is 1. The smallest absolute Gasteiger partial charge is 0.306 e. The lowest BCUT2D eigenvalue weighted by Crippen LogP contribution is -2.60. The number of H-pyrrole nitrogens is 1. The molecule has 11 nitrogen and oxygen atoms in total. The summed E-state index contributed by atoms with van der Waals surface area (Å²) in [5.74, 6) is 0.309. The maximum Gasteiger partial charge on any atom is 0.306 e. The van der Waals surface area contributed by atoms with Crippen LogP contribution in [0.3, 0.4) is 0 Å². The summed E-state index contributed by atoms with van der Waals surface area (Å²) < 4.78 is 52.5. The van der Waals surface area contributed by atoms with Crippen LogP contribution >= 0.6 is 0 Å². The third-order valence-electron chi connectivity index (χ3n) is 7.16. The first-order valence-corrected chi connectivity index (χ1v) is 14.4. The lowest BCUT2D eigenvalue weighted by atomic mass is 9.99. The molecule has 2 saturated heterocycles. The van der Waals surface area contributed by atoms with Crippen molar-refractivity contribution in [2.75, 3.05) is 43.1 Å². The van der Waals surface area contributed by atoms with Crippen LogP contribution in [0.1, 0.15) is 32.1 Å². The number of piperazine rings is 1. The lowest BCUT2D eigenvalue weighted by molar-refractivity contribution is -0.126. The molecule has 1 aliphatic carbocycles. The minimum absolute atomic E-state index is 0.0463. The summed E-state index contributed by atoms with van der Waals surface area (Å²) in [4.78, 5) is 26.7. The second-order valence-corrected chi connectivity index (χ2v) is 13.5. The number of sulfone groups is 1. The Labute approximate surface area is 193 Å². The van der Waals surface area contributed by atoms with E-state index in [0.29, 0.717) is 25.9 Å². The Morgan fingerprint density at radius 2 is 1.97 bits per heavy atom.